The van der Waals surface area contributed by atoms with E-state index in [0.29, 0.717) is 0 Å². The molecule has 0 spiro atoms. The van der Waals surface area contributed by atoms with E-state index in [-0.39, 0.29) is 17.0 Å². The maximum Gasteiger partial charge on any atom is 0.482 e. The Bertz CT molecular complexity index is 1340. The average molecular weight is 647 g/mol. The summed E-state index contributed by atoms with van der Waals surface area (Å²) in [5.74, 6) is -0.654. The second-order valence-electron chi connectivity index (χ2n) is 9.01. The molecule has 18 nitrogen and oxygen atoms in total. The predicted octanol–water partition coefficient (Wildman–Crippen LogP) is -1.20. The highest BCUT2D eigenvalue weighted by atomic mass is 32.7. The lowest BCUT2D eigenvalue weighted by atomic mass is 9.96. The molecule has 2 saturated heterocycles. The number of aliphatic hydroxyl groups is 5. The van der Waals surface area contributed by atoms with Crippen molar-refractivity contribution in [1.82, 2.24) is 19.5 Å². The third-order valence-electron chi connectivity index (χ3n) is 6.33. The molecule has 12 atom stereocenters. The number of hydrogen-bond donors (Lipinski definition) is 8. The largest absolute Gasteiger partial charge is 0.482 e. The van der Waals surface area contributed by atoms with Crippen LogP contribution in [0.5, 0.6) is 0 Å². The van der Waals surface area contributed by atoms with Crippen molar-refractivity contribution >= 4 is 43.9 Å². The fraction of sp³-hybridized carbons (Fsp3) is 0.632. The normalized spacial score (nSPS) is 36.0. The Kier molecular flexibility index (Phi) is 9.89. The van der Waals surface area contributed by atoms with Crippen LogP contribution in [0.2, 0.25) is 0 Å². The zero-order valence-corrected chi connectivity index (χ0v) is 23.4. The van der Waals surface area contributed by atoms with E-state index in [1.807, 2.05) is 0 Å². The molecule has 0 radical (unpaired) electrons. The lowest BCUT2D eigenvalue weighted by Crippen LogP contribution is -2.60. The fourth-order valence-corrected chi connectivity index (χ4v) is 7.49. The molecule has 22 heteroatoms. The number of anilines is 1. The minimum absolute atomic E-state index is 0.108. The van der Waals surface area contributed by atoms with E-state index in [0.717, 1.165) is 0 Å². The van der Waals surface area contributed by atoms with Gasteiger partial charge >= 0.3 is 14.6 Å². The van der Waals surface area contributed by atoms with Crippen LogP contribution in [0, 0.1) is 5.92 Å². The first-order chi connectivity index (χ1) is 19.2. The maximum absolute atomic E-state index is 13.9. The number of halogens is 1. The summed E-state index contributed by atoms with van der Waals surface area (Å²) in [6.07, 6.45) is -12.3. The number of aromatic nitrogens is 4. The molecule has 0 bridgehead atoms. The summed E-state index contributed by atoms with van der Waals surface area (Å²) in [7, 11) is -5.49. The molecule has 4 heterocycles. The van der Waals surface area contributed by atoms with E-state index in [2.05, 4.69) is 42.6 Å². The van der Waals surface area contributed by atoms with Gasteiger partial charge in [0.15, 0.2) is 23.9 Å². The summed E-state index contributed by atoms with van der Waals surface area (Å²) in [6.45, 7) is -2.96. The number of alkyl halides is 1. The van der Waals surface area contributed by atoms with Gasteiger partial charge in [0, 0.05) is 0 Å². The van der Waals surface area contributed by atoms with E-state index in [1.54, 1.807) is 0 Å². The third kappa shape index (κ3) is 6.81. The van der Waals surface area contributed by atoms with Crippen LogP contribution < -0.4 is 5.73 Å². The van der Waals surface area contributed by atoms with Crippen molar-refractivity contribution in [2.24, 2.45) is 5.92 Å². The van der Waals surface area contributed by atoms with Crippen LogP contribution in [0.25, 0.3) is 11.2 Å². The predicted molar refractivity (Wildman–Crippen MR) is 137 cm³/mol. The van der Waals surface area contributed by atoms with Gasteiger partial charge in [0.2, 0.25) is 0 Å². The van der Waals surface area contributed by atoms with Crippen molar-refractivity contribution in [1.29, 1.82) is 0 Å². The summed E-state index contributed by atoms with van der Waals surface area (Å²) in [5.41, 5.74) is 6.37. The highest BCUT2D eigenvalue weighted by molar-refractivity contribution is 8.45. The van der Waals surface area contributed by atoms with Crippen LogP contribution in [0.1, 0.15) is 6.23 Å². The number of imidazole rings is 1. The molecule has 41 heavy (non-hydrogen) atoms. The highest BCUT2D eigenvalue weighted by Gasteiger charge is 2.51. The van der Waals surface area contributed by atoms with Gasteiger partial charge in [-0.3, -0.25) is 13.6 Å². The number of rotatable bonds is 11. The van der Waals surface area contributed by atoms with E-state index in [1.165, 1.54) is 23.3 Å². The molecule has 2 aliphatic heterocycles. The molecule has 8 N–H and O–H groups in total. The van der Waals surface area contributed by atoms with Crippen molar-refractivity contribution in [2.75, 3.05) is 18.9 Å². The Labute approximate surface area is 235 Å². The minimum Gasteiger partial charge on any atom is -0.393 e. The number of fused-ring (bicyclic) bond motifs is 1. The van der Waals surface area contributed by atoms with Crippen LogP contribution in [-0.2, 0) is 32.0 Å². The summed E-state index contributed by atoms with van der Waals surface area (Å²) < 4.78 is 65.4. The molecule has 0 saturated carbocycles. The lowest BCUT2D eigenvalue weighted by Gasteiger charge is -2.41. The second-order valence-corrected chi connectivity index (χ2v) is 13.5. The monoisotopic (exact) mass is 647 g/mol. The Morgan fingerprint density at radius 2 is 1.88 bits per heavy atom. The van der Waals surface area contributed by atoms with Gasteiger partial charge in [0.25, 0.3) is 0 Å². The second kappa shape index (κ2) is 12.6. The number of hydrogen-bond acceptors (Lipinski definition) is 16. The van der Waals surface area contributed by atoms with E-state index >= 15 is 0 Å². The Hall–Kier alpha value is -1.61. The number of nitrogens with zero attached hydrogens (tertiary/aromatic N) is 4. The first-order valence-corrected chi connectivity index (χ1v) is 15.9. The Morgan fingerprint density at radius 1 is 1.17 bits per heavy atom. The van der Waals surface area contributed by atoms with Gasteiger partial charge in [-0.1, -0.05) is 18.3 Å². The number of phosphoric acid groups is 1. The average Bonchev–Trinajstić information content (AvgIpc) is 3.47. The first kappa shape index (κ1) is 32.3. The molecule has 2 aliphatic rings. The van der Waals surface area contributed by atoms with Crippen molar-refractivity contribution < 1.29 is 66.8 Å². The Morgan fingerprint density at radius 3 is 2.54 bits per heavy atom. The van der Waals surface area contributed by atoms with E-state index in [9.17, 15) is 38.8 Å². The van der Waals surface area contributed by atoms with Gasteiger partial charge in [0.05, 0.1) is 31.6 Å². The molecule has 2 aromatic rings. The first-order valence-electron chi connectivity index (χ1n) is 11.7. The smallest absolute Gasteiger partial charge is 0.393 e. The van der Waals surface area contributed by atoms with Crippen LogP contribution in [0.4, 0.5) is 10.2 Å². The van der Waals surface area contributed by atoms with Crippen molar-refractivity contribution in [2.45, 2.75) is 55.3 Å². The standard InChI is InChI=1S/C19H28FN5O13P2S/c1-2-7-11(27)9(35-18(7)25-6-24-10-16(21)22-5-23-17(10)25)4-34-40(33,41)38-39(31,32)37-19-14(30)12(28)13(29)15(36-19)8(20)3-26/h2,5-9,11-15,18-19,26-30H,1,3-4H2,(H,31,32)(H,33,41)(H2,21,22,23)/t7-,8-,9+,11-,12?,13?,14?,15?,18+,19?,40?/m0/s1. The van der Waals surface area contributed by atoms with Gasteiger partial charge in [-0.15, -0.1) is 6.58 Å². The highest BCUT2D eigenvalue weighted by Crippen LogP contribution is 2.66. The zero-order chi connectivity index (χ0) is 30.3. The topological polar surface area (TPSA) is 271 Å². The molecule has 0 amide bonds. The number of nitrogens with two attached hydrogens (primary N) is 1. The lowest BCUT2D eigenvalue weighted by molar-refractivity contribution is -0.287. The molecule has 0 aliphatic carbocycles. The van der Waals surface area contributed by atoms with E-state index in [4.69, 9.17) is 24.8 Å². The summed E-state index contributed by atoms with van der Waals surface area (Å²) in [5, 5.41) is 49.5. The van der Waals surface area contributed by atoms with Gasteiger partial charge in [-0.2, -0.15) is 4.31 Å². The minimum atomic E-state index is -5.49. The van der Waals surface area contributed by atoms with Crippen molar-refractivity contribution in [3.05, 3.63) is 25.3 Å². The zero-order valence-electron chi connectivity index (χ0n) is 20.8. The number of aliphatic hydroxyl groups excluding tert-OH is 5. The number of nitrogen functional groups attached to an aromatic ring is 1. The molecule has 2 fully saturated rings. The van der Waals surface area contributed by atoms with Gasteiger partial charge in [-0.25, -0.2) is 28.5 Å². The van der Waals surface area contributed by atoms with Gasteiger partial charge in [0.1, 0.15) is 48.6 Å². The van der Waals surface area contributed by atoms with Gasteiger partial charge < -0.3 is 45.6 Å². The molecule has 7 unspecified atom stereocenters. The van der Waals surface area contributed by atoms with Crippen molar-refractivity contribution in [3.63, 3.8) is 0 Å². The number of thiol groups is 1. The summed E-state index contributed by atoms with van der Waals surface area (Å²) in [4.78, 5) is 22.2. The van der Waals surface area contributed by atoms with Crippen LogP contribution in [0.3, 0.4) is 0 Å². The molecular weight excluding hydrogens is 619 g/mol. The van der Waals surface area contributed by atoms with Crippen LogP contribution in [-0.4, -0.2) is 112 Å². The summed E-state index contributed by atoms with van der Waals surface area (Å²) in [6, 6.07) is 0. The number of phosphoric ester groups is 1. The van der Waals surface area contributed by atoms with Crippen LogP contribution in [0.15, 0.2) is 25.3 Å². The van der Waals surface area contributed by atoms with Crippen LogP contribution >= 0.6 is 26.9 Å². The maximum atomic E-state index is 13.9. The van der Waals surface area contributed by atoms with E-state index < -0.39 is 89.1 Å². The fourth-order valence-electron chi connectivity index (χ4n) is 4.30. The third-order valence-corrected chi connectivity index (χ3v) is 9.94. The summed E-state index contributed by atoms with van der Waals surface area (Å²) >= 11 is 3.62. The molecular formula is C19H28FN5O13P2S. The molecule has 4 rings (SSSR count). The Balaban J connectivity index is 1.41. The molecule has 0 aromatic carbocycles. The number of ether oxygens (including phenoxy) is 2. The molecule has 230 valence electrons. The molecule has 2 aromatic heterocycles. The SMILES string of the molecule is C=C[C@H]1[C@H](O)[C@@H](COP(=O)(S)OP(=O)(O)OC2OC([C@@H](F)CO)C(O)C(O)C2O)O[C@H]1n1cnc2c(N)ncnc21. The van der Waals surface area contributed by atoms with Gasteiger partial charge in [-0.05, 0) is 0 Å². The quantitative estimate of drug-likeness (QED) is 0.0808. The van der Waals surface area contributed by atoms with Crippen molar-refractivity contribution in [3.8, 4) is 0 Å².